The molecule has 0 unspecified atom stereocenters. The number of amides is 1. The van der Waals surface area contributed by atoms with Gasteiger partial charge in [0.1, 0.15) is 4.88 Å². The zero-order valence-electron chi connectivity index (χ0n) is 15.0. The number of hydrogen-bond acceptors (Lipinski definition) is 4. The van der Waals surface area contributed by atoms with Crippen LogP contribution in [0.15, 0.2) is 47.5 Å². The third-order valence-corrected chi connectivity index (χ3v) is 5.38. The van der Waals surface area contributed by atoms with Gasteiger partial charge in [-0.25, -0.2) is 4.79 Å². The number of carbonyl (C=O) groups excluding carboxylic acids is 2. The lowest BCUT2D eigenvalue weighted by Gasteiger charge is -2.01. The second-order valence-electron chi connectivity index (χ2n) is 5.94. The Balaban J connectivity index is 1.86. The highest BCUT2D eigenvalue weighted by Crippen LogP contribution is 2.16. The molecule has 1 heterocycles. The maximum atomic E-state index is 12.4. The molecule has 0 saturated carbocycles. The fourth-order valence-corrected chi connectivity index (χ4v) is 3.71. The van der Waals surface area contributed by atoms with Gasteiger partial charge in [-0.3, -0.25) is 4.79 Å². The highest BCUT2D eigenvalue weighted by Gasteiger charge is 2.16. The maximum Gasteiger partial charge on any atom is 0.350 e. The first-order valence-corrected chi connectivity index (χ1v) is 9.20. The molecule has 0 N–H and O–H groups in total. The largest absolute Gasteiger partial charge is 0.462 e. The number of fused-ring (bicyclic) bond motifs is 1. The van der Waals surface area contributed by atoms with Crippen molar-refractivity contribution in [2.45, 2.75) is 20.3 Å². The van der Waals surface area contributed by atoms with Crippen LogP contribution in [-0.4, -0.2) is 23.1 Å². The van der Waals surface area contributed by atoms with Crippen LogP contribution < -0.4 is 4.80 Å². The van der Waals surface area contributed by atoms with E-state index in [1.165, 1.54) is 11.3 Å². The van der Waals surface area contributed by atoms with Gasteiger partial charge in [-0.05, 0) is 30.2 Å². The summed E-state index contributed by atoms with van der Waals surface area (Å²) >= 11 is 1.18. The Morgan fingerprint density at radius 1 is 1.15 bits per heavy atom. The van der Waals surface area contributed by atoms with Gasteiger partial charge >= 0.3 is 5.97 Å². The molecule has 0 spiro atoms. The van der Waals surface area contributed by atoms with Crippen molar-refractivity contribution in [3.05, 3.63) is 63.4 Å². The number of ether oxygens (including phenoxy) is 1. The van der Waals surface area contributed by atoms with Crippen molar-refractivity contribution >= 4 is 34.0 Å². The molecule has 5 nitrogen and oxygen atoms in total. The average Bonchev–Trinajstić information content (AvgIpc) is 2.90. The van der Waals surface area contributed by atoms with Crippen molar-refractivity contribution in [1.82, 2.24) is 4.57 Å². The lowest BCUT2D eigenvalue weighted by atomic mass is 10.1. The van der Waals surface area contributed by atoms with E-state index in [9.17, 15) is 9.59 Å². The van der Waals surface area contributed by atoms with E-state index in [0.29, 0.717) is 16.3 Å². The highest BCUT2D eigenvalue weighted by atomic mass is 32.1. The first-order chi connectivity index (χ1) is 12.5. The number of hydrogen-bond donors (Lipinski definition) is 0. The molecule has 26 heavy (non-hydrogen) atoms. The Morgan fingerprint density at radius 3 is 2.62 bits per heavy atom. The highest BCUT2D eigenvalue weighted by molar-refractivity contribution is 7.11. The molecule has 1 aromatic heterocycles. The fraction of sp³-hybridized carbons (Fsp3) is 0.250. The Kier molecular flexibility index (Phi) is 5.32. The van der Waals surface area contributed by atoms with Gasteiger partial charge in [0.25, 0.3) is 5.91 Å². The van der Waals surface area contributed by atoms with Crippen LogP contribution in [0, 0.1) is 6.92 Å². The van der Waals surface area contributed by atoms with Crippen molar-refractivity contribution in [2.75, 3.05) is 6.61 Å². The van der Waals surface area contributed by atoms with Crippen molar-refractivity contribution in [1.29, 1.82) is 0 Å². The average molecular weight is 368 g/mol. The molecule has 0 fully saturated rings. The topological polar surface area (TPSA) is 60.7 Å². The van der Waals surface area contributed by atoms with E-state index in [1.54, 1.807) is 18.5 Å². The van der Waals surface area contributed by atoms with Gasteiger partial charge in [0.05, 0.1) is 13.0 Å². The minimum Gasteiger partial charge on any atom is -0.462 e. The molecule has 2 aromatic carbocycles. The van der Waals surface area contributed by atoms with Crippen molar-refractivity contribution < 1.29 is 14.3 Å². The summed E-state index contributed by atoms with van der Waals surface area (Å²) in [6, 6.07) is 14.0. The smallest absolute Gasteiger partial charge is 0.350 e. The molecule has 0 radical (unpaired) electrons. The molecule has 0 aliphatic carbocycles. The zero-order chi connectivity index (χ0) is 18.7. The monoisotopic (exact) mass is 368 g/mol. The number of esters is 1. The molecule has 0 aliphatic heterocycles. The molecule has 134 valence electrons. The number of benzene rings is 2. The van der Waals surface area contributed by atoms with Gasteiger partial charge in [-0.1, -0.05) is 53.8 Å². The number of aromatic nitrogens is 1. The SMILES string of the molecule is CCOC(=O)c1sc(=NC(=O)Cc2ccc3ccccc3c2)n(C)c1C. The van der Waals surface area contributed by atoms with Crippen LogP contribution in [0.25, 0.3) is 10.8 Å². The molecular weight excluding hydrogens is 348 g/mol. The van der Waals surface area contributed by atoms with Crippen LogP contribution >= 0.6 is 11.3 Å². The van der Waals surface area contributed by atoms with Gasteiger partial charge in [-0.15, -0.1) is 0 Å². The number of thiazole rings is 1. The standard InChI is InChI=1S/C20H20N2O3S/c1-4-25-19(24)18-13(2)22(3)20(26-18)21-17(23)12-14-9-10-15-7-5-6-8-16(15)11-14/h5-11H,4,12H2,1-3H3. The van der Waals surface area contributed by atoms with Crippen LogP contribution in [0.1, 0.15) is 27.9 Å². The van der Waals surface area contributed by atoms with Crippen LogP contribution in [0.4, 0.5) is 0 Å². The molecule has 3 aromatic rings. The molecular formula is C20H20N2O3S. The summed E-state index contributed by atoms with van der Waals surface area (Å²) in [5, 5.41) is 2.24. The van der Waals surface area contributed by atoms with Crippen molar-refractivity contribution in [3.8, 4) is 0 Å². The molecule has 0 atom stereocenters. The van der Waals surface area contributed by atoms with Crippen molar-refractivity contribution in [2.24, 2.45) is 12.0 Å². The van der Waals surface area contributed by atoms with E-state index in [0.717, 1.165) is 22.0 Å². The minimum atomic E-state index is -0.381. The molecule has 0 bridgehead atoms. The predicted molar refractivity (Wildman–Crippen MR) is 102 cm³/mol. The lowest BCUT2D eigenvalue weighted by Crippen LogP contribution is -2.15. The van der Waals surface area contributed by atoms with Gasteiger partial charge in [0.15, 0.2) is 4.80 Å². The van der Waals surface area contributed by atoms with Crippen molar-refractivity contribution in [3.63, 3.8) is 0 Å². The summed E-state index contributed by atoms with van der Waals surface area (Å²) in [5.74, 6) is -0.624. The Bertz CT molecular complexity index is 1050. The Hall–Kier alpha value is -2.73. The summed E-state index contributed by atoms with van der Waals surface area (Å²) < 4.78 is 6.80. The second-order valence-corrected chi connectivity index (χ2v) is 6.92. The molecule has 0 saturated heterocycles. The predicted octanol–water partition coefficient (Wildman–Crippen LogP) is 3.39. The normalized spacial score (nSPS) is 11.7. The van der Waals surface area contributed by atoms with E-state index in [-0.39, 0.29) is 18.3 Å². The number of nitrogens with zero attached hydrogens (tertiary/aromatic N) is 2. The summed E-state index contributed by atoms with van der Waals surface area (Å²) in [6.45, 7) is 3.89. The van der Waals surface area contributed by atoms with E-state index >= 15 is 0 Å². The quantitative estimate of drug-likeness (QED) is 0.663. The molecule has 0 aliphatic rings. The maximum absolute atomic E-state index is 12.4. The number of carbonyl (C=O) groups is 2. The first-order valence-electron chi connectivity index (χ1n) is 8.38. The summed E-state index contributed by atoms with van der Waals surface area (Å²) in [6.07, 6.45) is 0.219. The van der Waals surface area contributed by atoms with Crippen LogP contribution in [0.3, 0.4) is 0 Å². The lowest BCUT2D eigenvalue weighted by molar-refractivity contribution is -0.117. The molecule has 6 heteroatoms. The third-order valence-electron chi connectivity index (χ3n) is 4.16. The molecule has 1 amide bonds. The first kappa shape index (κ1) is 18.1. The Morgan fingerprint density at radius 2 is 1.88 bits per heavy atom. The van der Waals surface area contributed by atoms with Gasteiger partial charge in [-0.2, -0.15) is 4.99 Å². The van der Waals surface area contributed by atoms with E-state index < -0.39 is 0 Å². The Labute approximate surface area is 155 Å². The summed E-state index contributed by atoms with van der Waals surface area (Å²) in [4.78, 5) is 29.5. The minimum absolute atomic E-state index is 0.219. The zero-order valence-corrected chi connectivity index (χ0v) is 15.8. The third kappa shape index (κ3) is 3.75. The van der Waals surface area contributed by atoms with E-state index in [1.807, 2.05) is 49.4 Å². The van der Waals surface area contributed by atoms with Gasteiger partial charge in [0.2, 0.25) is 0 Å². The molecule has 3 rings (SSSR count). The summed E-state index contributed by atoms with van der Waals surface area (Å²) in [5.41, 5.74) is 1.66. The van der Waals surface area contributed by atoms with Gasteiger partial charge < -0.3 is 9.30 Å². The van der Waals surface area contributed by atoms with Gasteiger partial charge in [0, 0.05) is 12.7 Å². The van der Waals surface area contributed by atoms with E-state index in [4.69, 9.17) is 4.74 Å². The van der Waals surface area contributed by atoms with Crippen LogP contribution in [-0.2, 0) is 23.0 Å². The second kappa shape index (κ2) is 7.66. The number of rotatable bonds is 4. The fourth-order valence-electron chi connectivity index (χ4n) is 2.68. The van der Waals surface area contributed by atoms with E-state index in [2.05, 4.69) is 4.99 Å². The van der Waals surface area contributed by atoms with Crippen LogP contribution in [0.2, 0.25) is 0 Å². The summed E-state index contributed by atoms with van der Waals surface area (Å²) in [7, 11) is 1.79. The van der Waals surface area contributed by atoms with Crippen LogP contribution in [0.5, 0.6) is 0 Å².